The zero-order valence-corrected chi connectivity index (χ0v) is 11.1. The zero-order valence-electron chi connectivity index (χ0n) is 10.3. The van der Waals surface area contributed by atoms with Gasteiger partial charge in [0.15, 0.2) is 0 Å². The van der Waals surface area contributed by atoms with Crippen LogP contribution in [-0.2, 0) is 0 Å². The number of nitrogens with zero attached hydrogens (tertiary/aromatic N) is 1. The second-order valence-electron chi connectivity index (χ2n) is 5.00. The van der Waals surface area contributed by atoms with E-state index < -0.39 is 0 Å². The Kier molecular flexibility index (Phi) is 6.67. The van der Waals surface area contributed by atoms with Crippen molar-refractivity contribution in [1.82, 2.24) is 4.90 Å². The molecule has 0 aromatic carbocycles. The molecule has 0 saturated carbocycles. The van der Waals surface area contributed by atoms with Crippen LogP contribution in [-0.4, -0.2) is 29.9 Å². The van der Waals surface area contributed by atoms with Gasteiger partial charge in [0.05, 0.1) is 0 Å². The van der Waals surface area contributed by atoms with Gasteiger partial charge in [0.1, 0.15) is 0 Å². The average Bonchev–Trinajstić information content (AvgIpc) is 2.23. The highest BCUT2D eigenvalue weighted by Gasteiger charge is 2.23. The van der Waals surface area contributed by atoms with Crippen LogP contribution in [0, 0.1) is 5.92 Å². The summed E-state index contributed by atoms with van der Waals surface area (Å²) in [5.74, 6) is 0.711. The van der Waals surface area contributed by atoms with E-state index in [-0.39, 0.29) is 0 Å². The molecule has 0 aromatic rings. The summed E-state index contributed by atoms with van der Waals surface area (Å²) in [6.45, 7) is 8.18. The Morgan fingerprint density at radius 2 is 1.93 bits per heavy atom. The third kappa shape index (κ3) is 5.21. The maximum atomic E-state index is 6.28. The Labute approximate surface area is 100 Å². The van der Waals surface area contributed by atoms with E-state index in [2.05, 4.69) is 18.7 Å². The third-order valence-electron chi connectivity index (χ3n) is 3.53. The lowest BCUT2D eigenvalue weighted by molar-refractivity contribution is 0.193. The lowest BCUT2D eigenvalue weighted by Gasteiger charge is -2.33. The predicted octanol–water partition coefficient (Wildman–Crippen LogP) is 3.91. The quantitative estimate of drug-likeness (QED) is 0.495. The van der Waals surface area contributed by atoms with Crippen LogP contribution < -0.4 is 0 Å². The summed E-state index contributed by atoms with van der Waals surface area (Å²) < 4.78 is 0. The van der Waals surface area contributed by atoms with Crippen LogP contribution in [0.2, 0.25) is 0 Å². The molecule has 0 spiro atoms. The van der Waals surface area contributed by atoms with E-state index in [1.165, 1.54) is 51.6 Å². The molecule has 1 heterocycles. The highest BCUT2D eigenvalue weighted by atomic mass is 35.5. The van der Waals surface area contributed by atoms with Gasteiger partial charge in [-0.1, -0.05) is 39.5 Å². The first-order valence-electron chi connectivity index (χ1n) is 6.60. The summed E-state index contributed by atoms with van der Waals surface area (Å²) >= 11 is 6.28. The van der Waals surface area contributed by atoms with E-state index in [1.807, 2.05) is 0 Å². The lowest BCUT2D eigenvalue weighted by atomic mass is 9.98. The van der Waals surface area contributed by atoms with Gasteiger partial charge in [0, 0.05) is 11.9 Å². The zero-order chi connectivity index (χ0) is 11.1. The SMILES string of the molecule is CCCCCCCN1CCC(C)C(Cl)C1. The van der Waals surface area contributed by atoms with Crippen LogP contribution in [0.5, 0.6) is 0 Å². The molecular formula is C13H26ClN. The van der Waals surface area contributed by atoms with Gasteiger partial charge < -0.3 is 4.90 Å². The first kappa shape index (κ1) is 13.3. The summed E-state index contributed by atoms with van der Waals surface area (Å²) in [4.78, 5) is 2.55. The molecule has 1 nitrogen and oxygen atoms in total. The minimum atomic E-state index is 0.384. The highest BCUT2D eigenvalue weighted by Crippen LogP contribution is 2.21. The molecule has 2 heteroatoms. The van der Waals surface area contributed by atoms with E-state index in [4.69, 9.17) is 11.6 Å². The highest BCUT2D eigenvalue weighted by molar-refractivity contribution is 6.21. The van der Waals surface area contributed by atoms with Crippen molar-refractivity contribution in [2.24, 2.45) is 5.92 Å². The topological polar surface area (TPSA) is 3.24 Å². The molecule has 0 N–H and O–H groups in total. The fraction of sp³-hybridized carbons (Fsp3) is 1.00. The first-order chi connectivity index (χ1) is 7.24. The standard InChI is InChI=1S/C13H26ClN/c1-3-4-5-6-7-9-15-10-8-12(2)13(14)11-15/h12-13H,3-11H2,1-2H3. The van der Waals surface area contributed by atoms with Crippen molar-refractivity contribution < 1.29 is 0 Å². The van der Waals surface area contributed by atoms with Crippen molar-refractivity contribution in [3.8, 4) is 0 Å². The van der Waals surface area contributed by atoms with Gasteiger partial charge in [-0.3, -0.25) is 0 Å². The number of alkyl halides is 1. The van der Waals surface area contributed by atoms with E-state index in [9.17, 15) is 0 Å². The van der Waals surface area contributed by atoms with Crippen molar-refractivity contribution >= 4 is 11.6 Å². The van der Waals surface area contributed by atoms with Crippen LogP contribution in [0.25, 0.3) is 0 Å². The van der Waals surface area contributed by atoms with Crippen molar-refractivity contribution in [2.75, 3.05) is 19.6 Å². The lowest BCUT2D eigenvalue weighted by Crippen LogP contribution is -2.40. The van der Waals surface area contributed by atoms with Crippen molar-refractivity contribution in [3.63, 3.8) is 0 Å². The normalized spacial score (nSPS) is 28.2. The van der Waals surface area contributed by atoms with Crippen molar-refractivity contribution in [1.29, 1.82) is 0 Å². The maximum Gasteiger partial charge on any atom is 0.0489 e. The molecule has 2 unspecified atom stereocenters. The Bertz CT molecular complexity index is 161. The number of rotatable bonds is 6. The molecule has 0 aliphatic carbocycles. The molecule has 0 amide bonds. The second kappa shape index (κ2) is 7.51. The summed E-state index contributed by atoms with van der Waals surface area (Å²) in [5, 5.41) is 0.384. The summed E-state index contributed by atoms with van der Waals surface area (Å²) in [5.41, 5.74) is 0. The summed E-state index contributed by atoms with van der Waals surface area (Å²) in [6.07, 6.45) is 8.18. The molecule has 1 aliphatic heterocycles. The molecule has 2 atom stereocenters. The Morgan fingerprint density at radius 3 is 2.60 bits per heavy atom. The van der Waals surface area contributed by atoms with Gasteiger partial charge in [-0.2, -0.15) is 0 Å². The Morgan fingerprint density at radius 1 is 1.20 bits per heavy atom. The molecular weight excluding hydrogens is 206 g/mol. The van der Waals surface area contributed by atoms with Crippen molar-refractivity contribution in [2.45, 2.75) is 57.7 Å². The summed E-state index contributed by atoms with van der Waals surface area (Å²) in [7, 11) is 0. The molecule has 1 saturated heterocycles. The molecule has 0 aromatic heterocycles. The molecule has 1 rings (SSSR count). The van der Waals surface area contributed by atoms with Crippen LogP contribution in [0.4, 0.5) is 0 Å². The fourth-order valence-electron chi connectivity index (χ4n) is 2.23. The van der Waals surface area contributed by atoms with Gasteiger partial charge in [-0.15, -0.1) is 11.6 Å². The van der Waals surface area contributed by atoms with Gasteiger partial charge in [-0.05, 0) is 31.8 Å². The fourth-order valence-corrected chi connectivity index (χ4v) is 2.55. The predicted molar refractivity (Wildman–Crippen MR) is 68.6 cm³/mol. The van der Waals surface area contributed by atoms with E-state index >= 15 is 0 Å². The van der Waals surface area contributed by atoms with E-state index in [1.54, 1.807) is 0 Å². The van der Waals surface area contributed by atoms with Gasteiger partial charge in [0.25, 0.3) is 0 Å². The van der Waals surface area contributed by atoms with Gasteiger partial charge >= 0.3 is 0 Å². The molecule has 0 bridgehead atoms. The largest absolute Gasteiger partial charge is 0.302 e. The maximum absolute atomic E-state index is 6.28. The summed E-state index contributed by atoms with van der Waals surface area (Å²) in [6, 6.07) is 0. The van der Waals surface area contributed by atoms with Crippen LogP contribution in [0.15, 0.2) is 0 Å². The number of hydrogen-bond donors (Lipinski definition) is 0. The van der Waals surface area contributed by atoms with Gasteiger partial charge in [-0.25, -0.2) is 0 Å². The first-order valence-corrected chi connectivity index (χ1v) is 7.04. The molecule has 1 aliphatic rings. The Balaban J connectivity index is 2.02. The number of halogens is 1. The average molecular weight is 232 g/mol. The number of piperidine rings is 1. The minimum absolute atomic E-state index is 0.384. The van der Waals surface area contributed by atoms with E-state index in [0.29, 0.717) is 11.3 Å². The smallest absolute Gasteiger partial charge is 0.0489 e. The Hall–Kier alpha value is 0.250. The van der Waals surface area contributed by atoms with Crippen LogP contribution >= 0.6 is 11.6 Å². The molecule has 1 fully saturated rings. The molecule has 15 heavy (non-hydrogen) atoms. The number of unbranched alkanes of at least 4 members (excludes halogenated alkanes) is 4. The molecule has 90 valence electrons. The minimum Gasteiger partial charge on any atom is -0.302 e. The van der Waals surface area contributed by atoms with E-state index in [0.717, 1.165) is 6.54 Å². The van der Waals surface area contributed by atoms with Crippen LogP contribution in [0.1, 0.15) is 52.4 Å². The number of likely N-dealkylation sites (tertiary alicyclic amines) is 1. The molecule has 0 radical (unpaired) electrons. The second-order valence-corrected chi connectivity index (χ2v) is 5.56. The third-order valence-corrected chi connectivity index (χ3v) is 4.10. The van der Waals surface area contributed by atoms with Crippen molar-refractivity contribution in [3.05, 3.63) is 0 Å². The van der Waals surface area contributed by atoms with Gasteiger partial charge in [0.2, 0.25) is 0 Å². The number of hydrogen-bond acceptors (Lipinski definition) is 1. The monoisotopic (exact) mass is 231 g/mol. The van der Waals surface area contributed by atoms with Crippen LogP contribution in [0.3, 0.4) is 0 Å².